The average Bonchev–Trinajstić information content (AvgIpc) is 3.02. The lowest BCUT2D eigenvalue weighted by Gasteiger charge is -2.10. The predicted octanol–water partition coefficient (Wildman–Crippen LogP) is 3.20. The Morgan fingerprint density at radius 1 is 1.19 bits per heavy atom. The van der Waals surface area contributed by atoms with E-state index >= 15 is 0 Å². The van der Waals surface area contributed by atoms with Gasteiger partial charge in [-0.15, -0.1) is 5.10 Å². The van der Waals surface area contributed by atoms with Crippen LogP contribution in [0.1, 0.15) is 24.5 Å². The number of amides is 2. The number of hydrogen-bond donors (Lipinski definition) is 2. The van der Waals surface area contributed by atoms with Gasteiger partial charge in [-0.1, -0.05) is 67.2 Å². The lowest BCUT2D eigenvalue weighted by Crippen LogP contribution is -2.28. The highest BCUT2D eigenvalue weighted by Crippen LogP contribution is 2.23. The van der Waals surface area contributed by atoms with Crippen molar-refractivity contribution in [2.75, 3.05) is 5.32 Å². The maximum Gasteiger partial charge on any atom is 0.240 e. The van der Waals surface area contributed by atoms with Crippen molar-refractivity contribution < 1.29 is 9.59 Å². The quantitative estimate of drug-likeness (QED) is 0.596. The second-order valence-corrected chi connectivity index (χ2v) is 7.11. The molecule has 1 fully saturated rings. The van der Waals surface area contributed by atoms with Gasteiger partial charge in [-0.25, -0.2) is 0 Å². The summed E-state index contributed by atoms with van der Waals surface area (Å²) >= 11 is 1.22. The van der Waals surface area contributed by atoms with Crippen LogP contribution >= 0.6 is 11.8 Å². The van der Waals surface area contributed by atoms with Crippen molar-refractivity contribution >= 4 is 40.6 Å². The summed E-state index contributed by atoms with van der Waals surface area (Å²) in [4.78, 5) is 24.4. The molecule has 0 radical (unpaired) electrons. The van der Waals surface area contributed by atoms with Crippen LogP contribution in [-0.2, 0) is 16.0 Å². The second-order valence-electron chi connectivity index (χ2n) is 5.92. The molecule has 2 N–H and O–H groups in total. The Bertz CT molecular complexity index is 881. The molecule has 0 spiro atoms. The third kappa shape index (κ3) is 5.27. The van der Waals surface area contributed by atoms with Crippen molar-refractivity contribution in [1.82, 2.24) is 5.32 Å². The molecule has 0 aromatic heterocycles. The van der Waals surface area contributed by atoms with Crippen LogP contribution < -0.4 is 10.6 Å². The van der Waals surface area contributed by atoms with Gasteiger partial charge in [0.05, 0.1) is 6.21 Å². The molecule has 0 aliphatic carbocycles. The van der Waals surface area contributed by atoms with Crippen LogP contribution in [-0.4, -0.2) is 28.4 Å². The van der Waals surface area contributed by atoms with E-state index in [1.54, 1.807) is 6.21 Å². The molecule has 1 atom stereocenters. The summed E-state index contributed by atoms with van der Waals surface area (Å²) in [6.07, 6.45) is 2.52. The van der Waals surface area contributed by atoms with Crippen molar-refractivity contribution in [1.29, 1.82) is 0 Å². The Morgan fingerprint density at radius 2 is 1.93 bits per heavy atom. The van der Waals surface area contributed by atoms with E-state index in [2.05, 4.69) is 20.8 Å². The van der Waals surface area contributed by atoms with Gasteiger partial charge >= 0.3 is 0 Å². The average molecular weight is 380 g/mol. The highest BCUT2D eigenvalue weighted by Gasteiger charge is 2.32. The van der Waals surface area contributed by atoms with Gasteiger partial charge in [-0.05, 0) is 23.6 Å². The number of thioether (sulfide) groups is 1. The van der Waals surface area contributed by atoms with E-state index in [9.17, 15) is 9.59 Å². The van der Waals surface area contributed by atoms with Crippen molar-refractivity contribution in [3.8, 4) is 0 Å². The maximum atomic E-state index is 12.3. The Hall–Kier alpha value is -2.93. The first-order valence-electron chi connectivity index (χ1n) is 8.67. The highest BCUT2D eigenvalue weighted by atomic mass is 32.2. The van der Waals surface area contributed by atoms with Crippen molar-refractivity contribution in [3.63, 3.8) is 0 Å². The molecule has 138 valence electrons. The zero-order valence-electron chi connectivity index (χ0n) is 14.9. The Labute approximate surface area is 162 Å². The zero-order valence-corrected chi connectivity index (χ0v) is 15.7. The number of nitrogens with zero attached hydrogens (tertiary/aromatic N) is 2. The molecular formula is C20H20N4O2S. The minimum absolute atomic E-state index is 0.0793. The van der Waals surface area contributed by atoms with E-state index in [1.165, 1.54) is 11.8 Å². The van der Waals surface area contributed by atoms with Crippen LogP contribution in [0, 0.1) is 0 Å². The topological polar surface area (TPSA) is 82.9 Å². The number of carbonyl (C=O) groups is 2. The van der Waals surface area contributed by atoms with Gasteiger partial charge in [0.15, 0.2) is 5.17 Å². The van der Waals surface area contributed by atoms with Crippen LogP contribution in [0.5, 0.6) is 0 Å². The van der Waals surface area contributed by atoms with E-state index in [4.69, 9.17) is 0 Å². The molecule has 2 aromatic rings. The third-order valence-corrected chi connectivity index (χ3v) is 5.05. The summed E-state index contributed by atoms with van der Waals surface area (Å²) in [6, 6.07) is 17.2. The second kappa shape index (κ2) is 9.14. The highest BCUT2D eigenvalue weighted by molar-refractivity contribution is 8.15. The SMILES string of the molecule is CCc1ccccc1NC(=O)CC1S/C(=N/N=C/c2ccccc2)NC1=O. The first-order valence-corrected chi connectivity index (χ1v) is 9.55. The lowest BCUT2D eigenvalue weighted by molar-refractivity contribution is -0.122. The molecule has 7 heteroatoms. The lowest BCUT2D eigenvalue weighted by atomic mass is 10.1. The number of amidine groups is 1. The monoisotopic (exact) mass is 380 g/mol. The van der Waals surface area contributed by atoms with Crippen LogP contribution in [0.25, 0.3) is 0 Å². The van der Waals surface area contributed by atoms with Crippen LogP contribution in [0.15, 0.2) is 64.8 Å². The van der Waals surface area contributed by atoms with Crippen molar-refractivity contribution in [2.24, 2.45) is 10.2 Å². The number of nitrogens with one attached hydrogen (secondary N) is 2. The smallest absolute Gasteiger partial charge is 0.240 e. The van der Waals surface area contributed by atoms with Gasteiger partial charge in [0, 0.05) is 12.1 Å². The molecule has 1 aliphatic heterocycles. The summed E-state index contributed by atoms with van der Waals surface area (Å²) in [5.41, 5.74) is 2.77. The van der Waals surface area contributed by atoms with E-state index in [0.29, 0.717) is 5.17 Å². The minimum Gasteiger partial charge on any atom is -0.326 e. The van der Waals surface area contributed by atoms with Crippen LogP contribution in [0.3, 0.4) is 0 Å². The molecule has 2 aromatic carbocycles. The fourth-order valence-corrected chi connectivity index (χ4v) is 3.52. The van der Waals surface area contributed by atoms with Gasteiger partial charge in [-0.3, -0.25) is 9.59 Å². The van der Waals surface area contributed by atoms with E-state index in [1.807, 2.05) is 61.5 Å². The molecule has 3 rings (SSSR count). The number of para-hydroxylation sites is 1. The molecule has 1 saturated heterocycles. The molecule has 2 amide bonds. The van der Waals surface area contributed by atoms with Gasteiger partial charge < -0.3 is 10.6 Å². The van der Waals surface area contributed by atoms with E-state index in [0.717, 1.165) is 23.2 Å². The largest absolute Gasteiger partial charge is 0.326 e. The van der Waals surface area contributed by atoms with Gasteiger partial charge in [-0.2, -0.15) is 5.10 Å². The predicted molar refractivity (Wildman–Crippen MR) is 110 cm³/mol. The van der Waals surface area contributed by atoms with Gasteiger partial charge in [0.1, 0.15) is 5.25 Å². The Balaban J connectivity index is 1.56. The van der Waals surface area contributed by atoms with Crippen LogP contribution in [0.2, 0.25) is 0 Å². The van der Waals surface area contributed by atoms with Crippen molar-refractivity contribution in [3.05, 3.63) is 65.7 Å². The number of rotatable bonds is 6. The van der Waals surface area contributed by atoms with Gasteiger partial charge in [0.25, 0.3) is 0 Å². The fourth-order valence-electron chi connectivity index (χ4n) is 2.59. The summed E-state index contributed by atoms with van der Waals surface area (Å²) in [5, 5.41) is 13.5. The number of aryl methyl sites for hydroxylation is 1. The number of anilines is 1. The number of hydrogen-bond acceptors (Lipinski definition) is 5. The Kier molecular flexibility index (Phi) is 6.38. The standard InChI is InChI=1S/C20H20N4O2S/c1-2-15-10-6-7-11-16(15)22-18(25)12-17-19(26)23-20(27-17)24-21-13-14-8-4-3-5-9-14/h3-11,13,17H,2,12H2,1H3,(H,22,25)(H,23,24,26)/b21-13+. The summed E-state index contributed by atoms with van der Waals surface area (Å²) < 4.78 is 0. The van der Waals surface area contributed by atoms with Gasteiger partial charge in [0.2, 0.25) is 11.8 Å². The molecule has 6 nitrogen and oxygen atoms in total. The fraction of sp³-hybridized carbons (Fsp3) is 0.200. The molecule has 1 unspecified atom stereocenters. The van der Waals surface area contributed by atoms with Crippen LogP contribution in [0.4, 0.5) is 5.69 Å². The molecular weight excluding hydrogens is 360 g/mol. The van der Waals surface area contributed by atoms with E-state index in [-0.39, 0.29) is 18.2 Å². The molecule has 1 heterocycles. The number of benzene rings is 2. The minimum atomic E-state index is -0.510. The molecule has 0 saturated carbocycles. The summed E-state index contributed by atoms with van der Waals surface area (Å²) in [7, 11) is 0. The van der Waals surface area contributed by atoms with Crippen molar-refractivity contribution in [2.45, 2.75) is 25.0 Å². The zero-order chi connectivity index (χ0) is 19.1. The maximum absolute atomic E-state index is 12.3. The molecule has 27 heavy (non-hydrogen) atoms. The molecule has 1 aliphatic rings. The summed E-state index contributed by atoms with van der Waals surface area (Å²) in [5.74, 6) is -0.426. The number of carbonyl (C=O) groups excluding carboxylic acids is 2. The molecule has 0 bridgehead atoms. The summed E-state index contributed by atoms with van der Waals surface area (Å²) in [6.45, 7) is 2.03. The third-order valence-electron chi connectivity index (χ3n) is 3.97. The normalized spacial score (nSPS) is 18.0. The first-order chi connectivity index (χ1) is 13.2. The first kappa shape index (κ1) is 18.8. The Morgan fingerprint density at radius 3 is 2.70 bits per heavy atom. The van der Waals surface area contributed by atoms with E-state index < -0.39 is 5.25 Å².